The van der Waals surface area contributed by atoms with Crippen molar-refractivity contribution < 1.29 is 0 Å². The van der Waals surface area contributed by atoms with Crippen molar-refractivity contribution in [2.45, 2.75) is 45.2 Å². The zero-order valence-corrected chi connectivity index (χ0v) is 10.1. The maximum absolute atomic E-state index is 5.44. The molecule has 15 heavy (non-hydrogen) atoms. The summed E-state index contributed by atoms with van der Waals surface area (Å²) in [7, 11) is 0. The van der Waals surface area contributed by atoms with Crippen LogP contribution in [-0.4, -0.2) is 32.3 Å². The minimum absolute atomic E-state index is 0.148. The van der Waals surface area contributed by atoms with Crippen molar-refractivity contribution in [2.75, 3.05) is 26.2 Å². The Morgan fingerprint density at radius 1 is 0.867 bits per heavy atom. The average molecular weight is 216 g/mol. The Kier molecular flexibility index (Phi) is 11.8. The number of hydrogen-bond acceptors (Lipinski definition) is 4. The molecule has 6 N–H and O–H groups in total. The van der Waals surface area contributed by atoms with Gasteiger partial charge in [0.05, 0.1) is 6.17 Å². The predicted octanol–water partition coefficient (Wildman–Crippen LogP) is 0.380. The van der Waals surface area contributed by atoms with Crippen molar-refractivity contribution in [2.24, 2.45) is 11.5 Å². The summed E-state index contributed by atoms with van der Waals surface area (Å²) in [5.74, 6) is 0. The van der Waals surface area contributed by atoms with Crippen molar-refractivity contribution in [1.29, 1.82) is 0 Å². The zero-order chi connectivity index (χ0) is 11.4. The Bertz CT molecular complexity index is 117. The molecule has 0 aliphatic carbocycles. The molecule has 0 fully saturated rings. The minimum Gasteiger partial charge on any atom is -0.317 e. The third-order valence-electron chi connectivity index (χ3n) is 2.27. The molecule has 92 valence electrons. The summed E-state index contributed by atoms with van der Waals surface area (Å²) in [5, 5.41) is 6.78. The summed E-state index contributed by atoms with van der Waals surface area (Å²) >= 11 is 0. The lowest BCUT2D eigenvalue weighted by atomic mass is 10.2. The topological polar surface area (TPSA) is 76.1 Å². The fourth-order valence-electron chi connectivity index (χ4n) is 1.39. The first kappa shape index (κ1) is 14.8. The Labute approximate surface area is 94.2 Å². The molecule has 0 spiro atoms. The molecular formula is C11H28N4. The van der Waals surface area contributed by atoms with Crippen LogP contribution in [0, 0.1) is 0 Å². The van der Waals surface area contributed by atoms with Crippen LogP contribution < -0.4 is 22.1 Å². The number of rotatable bonds is 11. The first-order valence-electron chi connectivity index (χ1n) is 6.20. The highest BCUT2D eigenvalue weighted by molar-refractivity contribution is 4.55. The van der Waals surface area contributed by atoms with E-state index in [1.165, 1.54) is 19.3 Å². The van der Waals surface area contributed by atoms with Crippen molar-refractivity contribution in [3.63, 3.8) is 0 Å². The quantitative estimate of drug-likeness (QED) is 0.297. The van der Waals surface area contributed by atoms with Crippen molar-refractivity contribution >= 4 is 0 Å². The van der Waals surface area contributed by atoms with E-state index in [0.717, 1.165) is 39.0 Å². The third-order valence-corrected chi connectivity index (χ3v) is 2.27. The summed E-state index contributed by atoms with van der Waals surface area (Å²) in [6.45, 7) is 6.61. The van der Waals surface area contributed by atoms with Gasteiger partial charge >= 0.3 is 0 Å². The smallest absolute Gasteiger partial charge is 0.0521 e. The van der Waals surface area contributed by atoms with Crippen LogP contribution in [0.4, 0.5) is 0 Å². The first-order valence-corrected chi connectivity index (χ1v) is 6.20. The molecule has 0 atom stereocenters. The van der Waals surface area contributed by atoms with Crippen LogP contribution in [-0.2, 0) is 0 Å². The van der Waals surface area contributed by atoms with Crippen LogP contribution in [0.3, 0.4) is 0 Å². The van der Waals surface area contributed by atoms with Gasteiger partial charge in [0, 0.05) is 0 Å². The van der Waals surface area contributed by atoms with E-state index in [2.05, 4.69) is 17.6 Å². The minimum atomic E-state index is -0.148. The van der Waals surface area contributed by atoms with E-state index in [9.17, 15) is 0 Å². The van der Waals surface area contributed by atoms with Crippen LogP contribution in [0.2, 0.25) is 0 Å². The molecule has 4 nitrogen and oxygen atoms in total. The fourth-order valence-corrected chi connectivity index (χ4v) is 1.39. The van der Waals surface area contributed by atoms with Crippen LogP contribution in [0.25, 0.3) is 0 Å². The van der Waals surface area contributed by atoms with Gasteiger partial charge < -0.3 is 22.1 Å². The molecule has 0 aliphatic rings. The summed E-state index contributed by atoms with van der Waals surface area (Å²) in [6.07, 6.45) is 5.55. The van der Waals surface area contributed by atoms with Crippen molar-refractivity contribution in [3.8, 4) is 0 Å². The molecular weight excluding hydrogens is 188 g/mol. The van der Waals surface area contributed by atoms with E-state index in [4.69, 9.17) is 11.5 Å². The van der Waals surface area contributed by atoms with Crippen LogP contribution >= 0.6 is 0 Å². The highest BCUT2D eigenvalue weighted by atomic mass is 14.9. The number of nitrogens with one attached hydrogen (secondary N) is 2. The highest BCUT2D eigenvalue weighted by Gasteiger charge is 1.93. The summed E-state index contributed by atoms with van der Waals surface area (Å²) in [6, 6.07) is 0. The normalized spacial score (nSPS) is 11.2. The molecule has 0 amide bonds. The highest BCUT2D eigenvalue weighted by Crippen LogP contribution is 1.88. The number of nitrogens with two attached hydrogens (primary N) is 2. The molecule has 0 saturated heterocycles. The Morgan fingerprint density at radius 3 is 1.93 bits per heavy atom. The molecule has 0 radical (unpaired) electrons. The summed E-state index contributed by atoms with van der Waals surface area (Å²) in [4.78, 5) is 0. The molecule has 4 heteroatoms. The molecule has 0 bridgehead atoms. The average Bonchev–Trinajstić information content (AvgIpc) is 2.20. The molecule has 0 aromatic carbocycles. The van der Waals surface area contributed by atoms with Gasteiger partial charge in [0.15, 0.2) is 0 Å². The molecule has 0 unspecified atom stereocenters. The summed E-state index contributed by atoms with van der Waals surface area (Å²) in [5.41, 5.74) is 10.9. The van der Waals surface area contributed by atoms with Gasteiger partial charge in [0.1, 0.15) is 0 Å². The van der Waals surface area contributed by atoms with Gasteiger partial charge in [0.2, 0.25) is 0 Å². The fraction of sp³-hybridized carbons (Fsp3) is 1.00. The standard InChI is InChI=1S/C11H28N4/c1-2-7-14-8-3-4-9-15-10-5-6-11(12)13/h11,14-15H,2-10,12-13H2,1H3. The van der Waals surface area contributed by atoms with E-state index in [1.807, 2.05) is 0 Å². The van der Waals surface area contributed by atoms with E-state index < -0.39 is 0 Å². The maximum atomic E-state index is 5.44. The Balaban J connectivity index is 2.87. The zero-order valence-electron chi connectivity index (χ0n) is 10.1. The second-order valence-corrected chi connectivity index (χ2v) is 4.01. The van der Waals surface area contributed by atoms with Gasteiger partial charge in [-0.2, -0.15) is 0 Å². The van der Waals surface area contributed by atoms with Gasteiger partial charge in [-0.25, -0.2) is 0 Å². The largest absolute Gasteiger partial charge is 0.317 e. The molecule has 0 aliphatic heterocycles. The predicted molar refractivity (Wildman–Crippen MR) is 66.7 cm³/mol. The number of hydrogen-bond donors (Lipinski definition) is 4. The maximum Gasteiger partial charge on any atom is 0.0521 e. The number of unbranched alkanes of at least 4 members (excludes halogenated alkanes) is 1. The van der Waals surface area contributed by atoms with Crippen LogP contribution in [0.5, 0.6) is 0 Å². The Hall–Kier alpha value is -0.160. The molecule has 0 heterocycles. The monoisotopic (exact) mass is 216 g/mol. The van der Waals surface area contributed by atoms with E-state index >= 15 is 0 Å². The first-order chi connectivity index (χ1) is 7.27. The van der Waals surface area contributed by atoms with E-state index in [0.29, 0.717) is 0 Å². The van der Waals surface area contributed by atoms with E-state index in [-0.39, 0.29) is 6.17 Å². The Morgan fingerprint density at radius 2 is 1.40 bits per heavy atom. The molecule has 0 aromatic rings. The van der Waals surface area contributed by atoms with Gasteiger partial charge in [-0.15, -0.1) is 0 Å². The SMILES string of the molecule is CCCNCCCCNCCCC(N)N. The van der Waals surface area contributed by atoms with Crippen molar-refractivity contribution in [1.82, 2.24) is 10.6 Å². The third kappa shape index (κ3) is 13.8. The second-order valence-electron chi connectivity index (χ2n) is 4.01. The van der Waals surface area contributed by atoms with E-state index in [1.54, 1.807) is 0 Å². The van der Waals surface area contributed by atoms with Gasteiger partial charge in [-0.05, 0) is 58.3 Å². The molecule has 0 rings (SSSR count). The summed E-state index contributed by atoms with van der Waals surface area (Å²) < 4.78 is 0. The van der Waals surface area contributed by atoms with Gasteiger partial charge in [-0.1, -0.05) is 6.92 Å². The van der Waals surface area contributed by atoms with Gasteiger partial charge in [-0.3, -0.25) is 0 Å². The lowest BCUT2D eigenvalue weighted by molar-refractivity contribution is 0.540. The molecule has 0 saturated carbocycles. The second kappa shape index (κ2) is 11.9. The van der Waals surface area contributed by atoms with Gasteiger partial charge in [0.25, 0.3) is 0 Å². The van der Waals surface area contributed by atoms with Crippen LogP contribution in [0.1, 0.15) is 39.0 Å². The van der Waals surface area contributed by atoms with Crippen LogP contribution in [0.15, 0.2) is 0 Å². The molecule has 0 aromatic heterocycles. The van der Waals surface area contributed by atoms with Crippen molar-refractivity contribution in [3.05, 3.63) is 0 Å². The lowest BCUT2D eigenvalue weighted by Gasteiger charge is -2.07. The lowest BCUT2D eigenvalue weighted by Crippen LogP contribution is -2.31.